The first-order chi connectivity index (χ1) is 20.6. The second kappa shape index (κ2) is 12.4. The fourth-order valence-corrected chi connectivity index (χ4v) is 8.52. The minimum Gasteiger partial charge on any atom is -0.394 e. The van der Waals surface area contributed by atoms with Gasteiger partial charge < -0.3 is 24.5 Å². The predicted molar refractivity (Wildman–Crippen MR) is 172 cm³/mol. The van der Waals surface area contributed by atoms with Crippen molar-refractivity contribution >= 4 is 17.7 Å². The molecule has 3 amide bonds. The number of rotatable bonds is 13. The van der Waals surface area contributed by atoms with Gasteiger partial charge in [0, 0.05) is 25.2 Å². The van der Waals surface area contributed by atoms with E-state index in [9.17, 15) is 19.5 Å². The molecule has 2 bridgehead atoms. The van der Waals surface area contributed by atoms with E-state index in [2.05, 4.69) is 47.8 Å². The average Bonchev–Trinajstić information content (AvgIpc) is 3.51. The first kappa shape index (κ1) is 33.9. The van der Waals surface area contributed by atoms with E-state index in [0.29, 0.717) is 38.9 Å². The lowest BCUT2D eigenvalue weighted by molar-refractivity contribution is -0.160. The van der Waals surface area contributed by atoms with Crippen molar-refractivity contribution in [2.45, 2.75) is 110 Å². The summed E-state index contributed by atoms with van der Waals surface area (Å²) in [6, 6.07) is 8.22. The van der Waals surface area contributed by atoms with Gasteiger partial charge in [0.2, 0.25) is 17.7 Å². The number of nitrogens with zero attached hydrogens (tertiary/aromatic N) is 3. The Labute approximate surface area is 264 Å². The Morgan fingerprint density at radius 1 is 1.09 bits per heavy atom. The molecule has 3 fully saturated rings. The highest BCUT2D eigenvalue weighted by Crippen LogP contribution is 2.64. The molecule has 4 rings (SSSR count). The number of hydrogen-bond donors (Lipinski definition) is 1. The van der Waals surface area contributed by atoms with Crippen molar-refractivity contribution in [3.63, 3.8) is 0 Å². The maximum Gasteiger partial charge on any atom is 0.249 e. The summed E-state index contributed by atoms with van der Waals surface area (Å²) in [5, 5.41) is 10.5. The molecule has 1 aromatic rings. The monoisotopic (exact) mass is 607 g/mol. The van der Waals surface area contributed by atoms with Crippen LogP contribution in [-0.2, 0) is 25.7 Å². The topological polar surface area (TPSA) is 90.4 Å². The smallest absolute Gasteiger partial charge is 0.249 e. The van der Waals surface area contributed by atoms with Gasteiger partial charge in [-0.1, -0.05) is 70.2 Å². The van der Waals surface area contributed by atoms with Gasteiger partial charge in [0.25, 0.3) is 0 Å². The molecule has 3 aliphatic heterocycles. The Kier molecular flexibility index (Phi) is 9.58. The number of ether oxygens (including phenoxy) is 1. The molecule has 0 saturated carbocycles. The van der Waals surface area contributed by atoms with Crippen LogP contribution in [0, 0.1) is 17.3 Å². The third-order valence-corrected chi connectivity index (χ3v) is 9.94. The highest BCUT2D eigenvalue weighted by molar-refractivity contribution is 5.99. The van der Waals surface area contributed by atoms with E-state index >= 15 is 0 Å². The SMILES string of the molecule is C=CCN(Cc1ccccc1)C(=O)[C@H]1[C@H]2C(=O)N([C@@H](CC)CO)C(C(=O)N(CC=C)C(C)(C)CC(C)(C)C)C23CC[C@]1(C)O3. The summed E-state index contributed by atoms with van der Waals surface area (Å²) in [6.07, 6.45) is 5.66. The van der Waals surface area contributed by atoms with E-state index in [1.807, 2.05) is 49.1 Å². The molecule has 0 radical (unpaired) electrons. The van der Waals surface area contributed by atoms with Crippen molar-refractivity contribution in [3.8, 4) is 0 Å². The zero-order chi connectivity index (χ0) is 32.7. The van der Waals surface area contributed by atoms with Gasteiger partial charge in [-0.3, -0.25) is 14.4 Å². The van der Waals surface area contributed by atoms with Gasteiger partial charge in [0.1, 0.15) is 11.6 Å². The van der Waals surface area contributed by atoms with Crippen LogP contribution in [0.1, 0.15) is 79.7 Å². The number of likely N-dealkylation sites (tertiary alicyclic amines) is 1. The van der Waals surface area contributed by atoms with Crippen LogP contribution in [-0.4, -0.2) is 86.0 Å². The highest BCUT2D eigenvalue weighted by Gasteiger charge is 2.79. The highest BCUT2D eigenvalue weighted by atomic mass is 16.5. The molecule has 3 aliphatic rings. The number of aliphatic hydroxyl groups excluding tert-OH is 1. The third kappa shape index (κ3) is 5.87. The van der Waals surface area contributed by atoms with Gasteiger partial charge in [0.05, 0.1) is 30.1 Å². The summed E-state index contributed by atoms with van der Waals surface area (Å²) in [5.74, 6) is -2.26. The molecule has 44 heavy (non-hydrogen) atoms. The maximum atomic E-state index is 15.0. The molecule has 8 heteroatoms. The Hall–Kier alpha value is -2.97. The maximum absolute atomic E-state index is 15.0. The fraction of sp³-hybridized carbons (Fsp3) is 0.639. The Morgan fingerprint density at radius 2 is 1.73 bits per heavy atom. The molecule has 1 spiro atoms. The molecule has 242 valence electrons. The molecule has 0 aliphatic carbocycles. The lowest BCUT2D eigenvalue weighted by Crippen LogP contribution is -2.62. The van der Waals surface area contributed by atoms with E-state index in [1.165, 1.54) is 0 Å². The van der Waals surface area contributed by atoms with Crippen LogP contribution in [0.25, 0.3) is 0 Å². The number of fused-ring (bicyclic) bond motifs is 1. The number of carbonyl (C=O) groups excluding carboxylic acids is 3. The second-order valence-electron chi connectivity index (χ2n) is 15.0. The minimum atomic E-state index is -1.17. The third-order valence-electron chi connectivity index (χ3n) is 9.94. The van der Waals surface area contributed by atoms with Gasteiger partial charge in [-0.15, -0.1) is 13.2 Å². The van der Waals surface area contributed by atoms with Crippen molar-refractivity contribution in [1.82, 2.24) is 14.7 Å². The Bertz CT molecular complexity index is 1250. The van der Waals surface area contributed by atoms with Gasteiger partial charge in [-0.2, -0.15) is 0 Å². The van der Waals surface area contributed by atoms with E-state index in [-0.39, 0.29) is 29.7 Å². The molecule has 0 aromatic heterocycles. The van der Waals surface area contributed by atoms with Crippen molar-refractivity contribution in [1.29, 1.82) is 0 Å². The van der Waals surface area contributed by atoms with E-state index in [4.69, 9.17) is 4.74 Å². The molecular weight excluding hydrogens is 554 g/mol. The normalized spacial score (nSPS) is 28.5. The Morgan fingerprint density at radius 3 is 2.27 bits per heavy atom. The van der Waals surface area contributed by atoms with E-state index in [1.54, 1.807) is 22.0 Å². The molecule has 1 aromatic carbocycles. The molecule has 3 heterocycles. The van der Waals surface area contributed by atoms with Crippen LogP contribution in [0.3, 0.4) is 0 Å². The molecular formula is C36H53N3O5. The first-order valence-electron chi connectivity index (χ1n) is 16.1. The molecule has 8 nitrogen and oxygen atoms in total. The number of carbonyl (C=O) groups is 3. The second-order valence-corrected chi connectivity index (χ2v) is 15.0. The summed E-state index contributed by atoms with van der Waals surface area (Å²) in [4.78, 5) is 49.3. The minimum absolute atomic E-state index is 0.0626. The standard InChI is InChI=1S/C36H53N3O5/c1-10-20-37(22-25-16-14-13-15-17-25)30(41)27-28-31(42)39(26(12-3)23-40)29(36(28)19-18-35(27,9)44-36)32(43)38(21-11-2)34(7,8)24-33(4,5)6/h10-11,13-17,26-29,40H,1-2,12,18-24H2,3-9H3/t26-,27+,28-,29?,35-,36?/m0/s1. The van der Waals surface area contributed by atoms with Gasteiger partial charge >= 0.3 is 0 Å². The summed E-state index contributed by atoms with van der Waals surface area (Å²) in [6.45, 7) is 22.9. The molecule has 3 saturated heterocycles. The first-order valence-corrected chi connectivity index (χ1v) is 16.1. The summed E-state index contributed by atoms with van der Waals surface area (Å²) >= 11 is 0. The van der Waals surface area contributed by atoms with Crippen molar-refractivity contribution in [2.75, 3.05) is 19.7 Å². The number of amides is 3. The molecule has 1 N–H and O–H groups in total. The van der Waals surface area contributed by atoms with Crippen LogP contribution in [0.15, 0.2) is 55.6 Å². The number of benzene rings is 1. The summed E-state index contributed by atoms with van der Waals surface area (Å²) in [5.41, 5.74) is -1.71. The van der Waals surface area contributed by atoms with Gasteiger partial charge in [-0.05, 0) is 57.4 Å². The van der Waals surface area contributed by atoms with Crippen LogP contribution < -0.4 is 0 Å². The van der Waals surface area contributed by atoms with Crippen molar-refractivity contribution in [3.05, 3.63) is 61.2 Å². The zero-order valence-corrected chi connectivity index (χ0v) is 27.8. The van der Waals surface area contributed by atoms with Crippen LogP contribution in [0.5, 0.6) is 0 Å². The van der Waals surface area contributed by atoms with E-state index in [0.717, 1.165) is 12.0 Å². The number of hydrogen-bond acceptors (Lipinski definition) is 5. The molecule has 6 atom stereocenters. The van der Waals surface area contributed by atoms with E-state index < -0.39 is 40.7 Å². The van der Waals surface area contributed by atoms with Gasteiger partial charge in [-0.25, -0.2) is 0 Å². The Balaban J connectivity index is 1.81. The number of aliphatic hydroxyl groups is 1. The largest absolute Gasteiger partial charge is 0.394 e. The van der Waals surface area contributed by atoms with Crippen molar-refractivity contribution in [2.24, 2.45) is 17.3 Å². The zero-order valence-electron chi connectivity index (χ0n) is 27.8. The fourth-order valence-electron chi connectivity index (χ4n) is 8.52. The lowest BCUT2D eigenvalue weighted by atomic mass is 9.66. The van der Waals surface area contributed by atoms with Gasteiger partial charge in [0.15, 0.2) is 0 Å². The predicted octanol–water partition coefficient (Wildman–Crippen LogP) is 4.97. The average molecular weight is 608 g/mol. The van der Waals surface area contributed by atoms with Crippen molar-refractivity contribution < 1.29 is 24.2 Å². The van der Waals surface area contributed by atoms with Crippen LogP contribution >= 0.6 is 0 Å². The quantitative estimate of drug-likeness (QED) is 0.320. The summed E-state index contributed by atoms with van der Waals surface area (Å²) < 4.78 is 6.91. The summed E-state index contributed by atoms with van der Waals surface area (Å²) in [7, 11) is 0. The molecule has 2 unspecified atom stereocenters. The lowest BCUT2D eigenvalue weighted by Gasteiger charge is -2.46. The van der Waals surface area contributed by atoms with Crippen LogP contribution in [0.2, 0.25) is 0 Å². The van der Waals surface area contributed by atoms with Crippen LogP contribution in [0.4, 0.5) is 0 Å².